The second-order valence-electron chi connectivity index (χ2n) is 4.53. The van der Waals surface area contributed by atoms with Gasteiger partial charge in [-0.3, -0.25) is 9.78 Å². The number of hydrogen-bond donors (Lipinski definition) is 1. The quantitative estimate of drug-likeness (QED) is 0.880. The first-order valence-corrected chi connectivity index (χ1v) is 6.45. The fourth-order valence-corrected chi connectivity index (χ4v) is 1.74. The fraction of sp³-hybridized carbons (Fsp3) is 0.200. The van der Waals surface area contributed by atoms with E-state index in [9.17, 15) is 18.0 Å². The van der Waals surface area contributed by atoms with Gasteiger partial charge in [-0.25, -0.2) is 0 Å². The minimum Gasteiger partial charge on any atom is -0.484 e. The van der Waals surface area contributed by atoms with Crippen molar-refractivity contribution in [2.75, 3.05) is 6.61 Å². The number of halogens is 3. The first kappa shape index (κ1) is 16.6. The molecule has 8 heteroatoms. The number of carbonyl (C=O) groups is 1. The molecule has 1 heterocycles. The van der Waals surface area contributed by atoms with Crippen molar-refractivity contribution in [3.05, 3.63) is 48.3 Å². The van der Waals surface area contributed by atoms with Crippen LogP contribution in [0.15, 0.2) is 42.7 Å². The van der Waals surface area contributed by atoms with Crippen LogP contribution in [-0.4, -0.2) is 28.8 Å². The van der Waals surface area contributed by atoms with Crippen molar-refractivity contribution in [2.45, 2.75) is 12.6 Å². The Labute approximate surface area is 129 Å². The van der Waals surface area contributed by atoms with Crippen LogP contribution < -0.4 is 9.47 Å². The van der Waals surface area contributed by atoms with Crippen LogP contribution in [0.3, 0.4) is 0 Å². The summed E-state index contributed by atoms with van der Waals surface area (Å²) in [5.74, 6) is -0.765. The van der Waals surface area contributed by atoms with E-state index in [1.165, 1.54) is 24.4 Å². The topological polar surface area (TPSA) is 68.7 Å². The Bertz CT molecular complexity index is 674. The Hall–Kier alpha value is -2.77. The van der Waals surface area contributed by atoms with Crippen LogP contribution in [0.2, 0.25) is 0 Å². The molecule has 23 heavy (non-hydrogen) atoms. The summed E-state index contributed by atoms with van der Waals surface area (Å²) in [6, 6.07) is 7.28. The van der Waals surface area contributed by atoms with Crippen molar-refractivity contribution in [3.8, 4) is 17.2 Å². The summed E-state index contributed by atoms with van der Waals surface area (Å²) in [4.78, 5) is 14.6. The summed E-state index contributed by atoms with van der Waals surface area (Å²) < 4.78 is 47.0. The number of ether oxygens (including phenoxy) is 2. The molecule has 0 aliphatic heterocycles. The lowest BCUT2D eigenvalue weighted by atomic mass is 10.1. The van der Waals surface area contributed by atoms with Gasteiger partial charge in [-0.05, 0) is 18.2 Å². The summed E-state index contributed by atoms with van der Waals surface area (Å²) in [6.45, 7) is -1.52. The number of carboxylic acid groups (broad SMARTS) is 1. The molecule has 2 rings (SSSR count). The molecule has 5 nitrogen and oxygen atoms in total. The van der Waals surface area contributed by atoms with Gasteiger partial charge in [-0.15, -0.1) is 0 Å². The third kappa shape index (κ3) is 5.50. The second kappa shape index (κ2) is 6.99. The van der Waals surface area contributed by atoms with Gasteiger partial charge in [0.2, 0.25) is 0 Å². The first-order chi connectivity index (χ1) is 10.8. The SMILES string of the molecule is O=C(O)Cc1ccc(Oc2cccnc2)cc1OCC(F)(F)F. The van der Waals surface area contributed by atoms with Crippen molar-refractivity contribution in [2.24, 2.45) is 0 Å². The molecule has 122 valence electrons. The lowest BCUT2D eigenvalue weighted by molar-refractivity contribution is -0.153. The van der Waals surface area contributed by atoms with Gasteiger partial charge < -0.3 is 14.6 Å². The van der Waals surface area contributed by atoms with E-state index in [-0.39, 0.29) is 17.1 Å². The van der Waals surface area contributed by atoms with Crippen molar-refractivity contribution < 1.29 is 32.5 Å². The summed E-state index contributed by atoms with van der Waals surface area (Å²) in [7, 11) is 0. The van der Waals surface area contributed by atoms with E-state index in [2.05, 4.69) is 4.98 Å². The van der Waals surface area contributed by atoms with Crippen LogP contribution >= 0.6 is 0 Å². The van der Waals surface area contributed by atoms with Crippen LogP contribution in [0.5, 0.6) is 17.2 Å². The maximum absolute atomic E-state index is 12.3. The highest BCUT2D eigenvalue weighted by Crippen LogP contribution is 2.30. The van der Waals surface area contributed by atoms with Gasteiger partial charge in [0.1, 0.15) is 17.2 Å². The number of aliphatic carboxylic acids is 1. The van der Waals surface area contributed by atoms with E-state index >= 15 is 0 Å². The predicted molar refractivity (Wildman–Crippen MR) is 73.6 cm³/mol. The molecule has 0 fully saturated rings. The molecule has 0 aliphatic carbocycles. The van der Waals surface area contributed by atoms with Gasteiger partial charge in [0, 0.05) is 17.8 Å². The molecular weight excluding hydrogens is 315 g/mol. The zero-order valence-electron chi connectivity index (χ0n) is 11.7. The third-order valence-electron chi connectivity index (χ3n) is 2.64. The Morgan fingerprint density at radius 1 is 1.22 bits per heavy atom. The summed E-state index contributed by atoms with van der Waals surface area (Å²) in [5.41, 5.74) is 0.125. The van der Waals surface area contributed by atoms with E-state index < -0.39 is 25.2 Å². The second-order valence-corrected chi connectivity index (χ2v) is 4.53. The van der Waals surface area contributed by atoms with Gasteiger partial charge >= 0.3 is 12.1 Å². The average molecular weight is 327 g/mol. The molecule has 0 amide bonds. The van der Waals surface area contributed by atoms with Crippen LogP contribution in [0.4, 0.5) is 13.2 Å². The van der Waals surface area contributed by atoms with Crippen LogP contribution in [0.25, 0.3) is 0 Å². The third-order valence-corrected chi connectivity index (χ3v) is 2.64. The maximum Gasteiger partial charge on any atom is 0.422 e. The number of benzene rings is 1. The van der Waals surface area contributed by atoms with Gasteiger partial charge in [0.15, 0.2) is 6.61 Å². The fourth-order valence-electron chi connectivity index (χ4n) is 1.74. The Morgan fingerprint density at radius 2 is 2.00 bits per heavy atom. The van der Waals surface area contributed by atoms with Gasteiger partial charge in [0.05, 0.1) is 12.6 Å². The smallest absolute Gasteiger partial charge is 0.422 e. The molecule has 0 unspecified atom stereocenters. The van der Waals surface area contributed by atoms with E-state index in [4.69, 9.17) is 14.6 Å². The van der Waals surface area contributed by atoms with E-state index in [1.807, 2.05) is 0 Å². The standard InChI is InChI=1S/C15H12F3NO4/c16-15(17,18)9-22-13-7-11(4-3-10(13)6-14(20)21)23-12-2-1-5-19-8-12/h1-5,7-8H,6,9H2,(H,20,21). The molecule has 1 aromatic heterocycles. The predicted octanol–water partition coefficient (Wildman–Crippen LogP) is 3.44. The van der Waals surface area contributed by atoms with Gasteiger partial charge in [-0.2, -0.15) is 13.2 Å². The molecule has 0 aliphatic rings. The number of pyridine rings is 1. The lowest BCUT2D eigenvalue weighted by Gasteiger charge is -2.14. The van der Waals surface area contributed by atoms with Crippen molar-refractivity contribution in [1.82, 2.24) is 4.98 Å². The molecule has 0 radical (unpaired) electrons. The molecule has 2 aromatic rings. The van der Waals surface area contributed by atoms with E-state index in [1.54, 1.807) is 18.3 Å². The minimum atomic E-state index is -4.53. The van der Waals surface area contributed by atoms with Crippen molar-refractivity contribution >= 4 is 5.97 Å². The summed E-state index contributed by atoms with van der Waals surface area (Å²) >= 11 is 0. The molecule has 0 saturated carbocycles. The monoisotopic (exact) mass is 327 g/mol. The van der Waals surface area contributed by atoms with Crippen LogP contribution in [0.1, 0.15) is 5.56 Å². The molecule has 0 atom stereocenters. The Morgan fingerprint density at radius 3 is 2.61 bits per heavy atom. The Kier molecular flexibility index (Phi) is 5.05. The van der Waals surface area contributed by atoms with Gasteiger partial charge in [0.25, 0.3) is 0 Å². The number of aromatic nitrogens is 1. The molecular formula is C15H12F3NO4. The Balaban J connectivity index is 2.23. The van der Waals surface area contributed by atoms with E-state index in [0.717, 1.165) is 0 Å². The molecule has 0 bridgehead atoms. The molecule has 1 aromatic carbocycles. The lowest BCUT2D eigenvalue weighted by Crippen LogP contribution is -2.20. The average Bonchev–Trinajstić information content (AvgIpc) is 2.47. The largest absolute Gasteiger partial charge is 0.484 e. The summed E-state index contributed by atoms with van der Waals surface area (Å²) in [5, 5.41) is 8.81. The number of rotatable bonds is 6. The number of hydrogen-bond acceptors (Lipinski definition) is 4. The number of carboxylic acids is 1. The minimum absolute atomic E-state index is 0.125. The zero-order chi connectivity index (χ0) is 16.9. The van der Waals surface area contributed by atoms with Gasteiger partial charge in [-0.1, -0.05) is 6.07 Å². The van der Waals surface area contributed by atoms with Crippen LogP contribution in [0, 0.1) is 0 Å². The molecule has 0 spiro atoms. The number of alkyl halides is 3. The van der Waals surface area contributed by atoms with Crippen molar-refractivity contribution in [1.29, 1.82) is 0 Å². The summed E-state index contributed by atoms with van der Waals surface area (Å²) in [6.07, 6.45) is -2.01. The zero-order valence-corrected chi connectivity index (χ0v) is 11.7. The number of nitrogens with zero attached hydrogens (tertiary/aromatic N) is 1. The highest BCUT2D eigenvalue weighted by atomic mass is 19.4. The van der Waals surface area contributed by atoms with E-state index in [0.29, 0.717) is 5.75 Å². The molecule has 0 saturated heterocycles. The van der Waals surface area contributed by atoms with Crippen LogP contribution in [-0.2, 0) is 11.2 Å². The molecule has 1 N–H and O–H groups in total. The first-order valence-electron chi connectivity index (χ1n) is 6.45. The maximum atomic E-state index is 12.3. The highest BCUT2D eigenvalue weighted by molar-refractivity contribution is 5.71. The highest BCUT2D eigenvalue weighted by Gasteiger charge is 2.29. The van der Waals surface area contributed by atoms with Crippen molar-refractivity contribution in [3.63, 3.8) is 0 Å². The normalized spacial score (nSPS) is 11.1.